The van der Waals surface area contributed by atoms with Gasteiger partial charge in [0, 0.05) is 6.54 Å². The van der Waals surface area contributed by atoms with Crippen molar-refractivity contribution in [3.63, 3.8) is 0 Å². The summed E-state index contributed by atoms with van der Waals surface area (Å²) in [7, 11) is 4.77. The molecule has 0 radical (unpaired) electrons. The van der Waals surface area contributed by atoms with Crippen molar-refractivity contribution in [1.29, 1.82) is 0 Å². The Balaban J connectivity index is 1.66. The molecule has 1 aliphatic heterocycles. The molecule has 1 aromatic rings. The van der Waals surface area contributed by atoms with Gasteiger partial charge >= 0.3 is 5.97 Å². The van der Waals surface area contributed by atoms with Gasteiger partial charge in [0.15, 0.2) is 11.5 Å². The lowest BCUT2D eigenvalue weighted by Crippen LogP contribution is -2.51. The number of carbonyl (C=O) groups excluding carboxylic acids is 2. The summed E-state index contributed by atoms with van der Waals surface area (Å²) in [6.07, 6.45) is 12.0. The number of hydrogen-bond donors (Lipinski definition) is 0. The Morgan fingerprint density at radius 2 is 1.40 bits per heavy atom. The first-order chi connectivity index (χ1) is 17.1. The topological polar surface area (TPSA) is 74.3 Å². The summed E-state index contributed by atoms with van der Waals surface area (Å²) < 4.78 is 22.6. The molecule has 0 bridgehead atoms. The summed E-state index contributed by atoms with van der Waals surface area (Å²) in [5.74, 6) is 1.27. The van der Waals surface area contributed by atoms with Crippen molar-refractivity contribution in [3.05, 3.63) is 17.7 Å². The fraction of sp³-hybridized carbons (Fsp3) is 0.714. The third kappa shape index (κ3) is 5.70. The first kappa shape index (κ1) is 25.6. The molecule has 35 heavy (non-hydrogen) atoms. The summed E-state index contributed by atoms with van der Waals surface area (Å²) >= 11 is 0. The highest BCUT2D eigenvalue weighted by molar-refractivity contribution is 5.89. The highest BCUT2D eigenvalue weighted by Crippen LogP contribution is 2.45. The van der Waals surface area contributed by atoms with Gasteiger partial charge in [-0.15, -0.1) is 0 Å². The van der Waals surface area contributed by atoms with E-state index < -0.39 is 6.04 Å². The minimum absolute atomic E-state index is 0.00521. The van der Waals surface area contributed by atoms with E-state index in [0.717, 1.165) is 69.8 Å². The van der Waals surface area contributed by atoms with Crippen molar-refractivity contribution in [2.75, 3.05) is 27.9 Å². The third-order valence-corrected chi connectivity index (χ3v) is 8.08. The Labute approximate surface area is 209 Å². The lowest BCUT2D eigenvalue weighted by molar-refractivity contribution is -0.162. The molecule has 0 aromatic heterocycles. The van der Waals surface area contributed by atoms with Gasteiger partial charge in [-0.1, -0.05) is 19.3 Å². The number of ether oxygens (including phenoxy) is 4. The fourth-order valence-corrected chi connectivity index (χ4v) is 6.23. The van der Waals surface area contributed by atoms with Crippen molar-refractivity contribution in [2.24, 2.45) is 5.92 Å². The van der Waals surface area contributed by atoms with E-state index in [0.29, 0.717) is 30.2 Å². The number of likely N-dealkylation sites (tertiary alicyclic amines) is 1. The van der Waals surface area contributed by atoms with Crippen LogP contribution in [0.1, 0.15) is 88.5 Å². The lowest BCUT2D eigenvalue weighted by atomic mass is 9.75. The SMILES string of the molecule is COc1cc(C(C(=O)N2CCCCC2C(=O)OC2CCCC2)C2CCCCC2)cc(OC)c1OC. The van der Waals surface area contributed by atoms with Gasteiger partial charge in [0.2, 0.25) is 11.7 Å². The molecule has 1 heterocycles. The van der Waals surface area contributed by atoms with E-state index in [1.165, 1.54) is 6.42 Å². The molecule has 1 amide bonds. The summed E-state index contributed by atoms with van der Waals surface area (Å²) in [6.45, 7) is 0.594. The molecule has 7 heteroatoms. The number of piperidine rings is 1. The maximum atomic E-state index is 14.3. The normalized spacial score (nSPS) is 22.5. The van der Waals surface area contributed by atoms with Gasteiger partial charge in [0.1, 0.15) is 12.1 Å². The monoisotopic (exact) mass is 487 g/mol. The van der Waals surface area contributed by atoms with Crippen LogP contribution in [0.3, 0.4) is 0 Å². The number of carbonyl (C=O) groups is 2. The maximum Gasteiger partial charge on any atom is 0.329 e. The van der Waals surface area contributed by atoms with Crippen molar-refractivity contribution in [2.45, 2.75) is 95.1 Å². The van der Waals surface area contributed by atoms with E-state index in [1.807, 2.05) is 17.0 Å². The number of nitrogens with zero attached hydrogens (tertiary/aromatic N) is 1. The molecule has 1 saturated heterocycles. The molecule has 194 valence electrons. The summed E-state index contributed by atoms with van der Waals surface area (Å²) in [5, 5.41) is 0. The molecule has 2 saturated carbocycles. The minimum atomic E-state index is -0.495. The number of esters is 1. The van der Waals surface area contributed by atoms with Crippen molar-refractivity contribution in [3.8, 4) is 17.2 Å². The Kier molecular flexibility index (Phi) is 8.79. The number of rotatable bonds is 8. The first-order valence-electron chi connectivity index (χ1n) is 13.4. The van der Waals surface area contributed by atoms with Gasteiger partial charge in [-0.25, -0.2) is 4.79 Å². The maximum absolute atomic E-state index is 14.3. The van der Waals surface area contributed by atoms with Gasteiger partial charge in [-0.05, 0) is 81.4 Å². The van der Waals surface area contributed by atoms with Crippen LogP contribution in [0, 0.1) is 5.92 Å². The predicted molar refractivity (Wildman–Crippen MR) is 133 cm³/mol. The fourth-order valence-electron chi connectivity index (χ4n) is 6.23. The molecule has 0 N–H and O–H groups in total. The van der Waals surface area contributed by atoms with E-state index in [-0.39, 0.29) is 29.8 Å². The number of methoxy groups -OCH3 is 3. The molecule has 3 aliphatic rings. The van der Waals surface area contributed by atoms with Crippen LogP contribution in [-0.2, 0) is 14.3 Å². The average Bonchev–Trinajstić information content (AvgIpc) is 3.41. The summed E-state index contributed by atoms with van der Waals surface area (Å²) in [6, 6.07) is 3.33. The molecule has 4 rings (SSSR count). The molecule has 7 nitrogen and oxygen atoms in total. The van der Waals surface area contributed by atoms with E-state index in [2.05, 4.69) is 0 Å². The van der Waals surface area contributed by atoms with E-state index in [4.69, 9.17) is 18.9 Å². The van der Waals surface area contributed by atoms with Crippen molar-refractivity contribution in [1.82, 2.24) is 4.90 Å². The van der Waals surface area contributed by atoms with E-state index in [1.54, 1.807) is 21.3 Å². The molecule has 2 atom stereocenters. The molecule has 2 unspecified atom stereocenters. The molecule has 2 aliphatic carbocycles. The highest BCUT2D eigenvalue weighted by Gasteiger charge is 2.41. The van der Waals surface area contributed by atoms with Crippen LogP contribution in [0.25, 0.3) is 0 Å². The largest absolute Gasteiger partial charge is 0.493 e. The number of amides is 1. The second kappa shape index (κ2) is 12.0. The van der Waals surface area contributed by atoms with Crippen LogP contribution in [0.4, 0.5) is 0 Å². The Morgan fingerprint density at radius 3 is 2.00 bits per heavy atom. The third-order valence-electron chi connectivity index (χ3n) is 8.08. The van der Waals surface area contributed by atoms with Crippen LogP contribution >= 0.6 is 0 Å². The summed E-state index contributed by atoms with van der Waals surface area (Å²) in [4.78, 5) is 29.3. The van der Waals surface area contributed by atoms with Crippen molar-refractivity contribution >= 4 is 11.9 Å². The Hall–Kier alpha value is -2.44. The van der Waals surface area contributed by atoms with Gasteiger partial charge in [0.25, 0.3) is 0 Å². The Bertz CT molecular complexity index is 849. The zero-order valence-corrected chi connectivity index (χ0v) is 21.6. The van der Waals surface area contributed by atoms with E-state index >= 15 is 0 Å². The predicted octanol–water partition coefficient (Wildman–Crippen LogP) is 5.24. The molecule has 3 fully saturated rings. The van der Waals surface area contributed by atoms with Crippen LogP contribution in [0.5, 0.6) is 17.2 Å². The number of benzene rings is 1. The number of hydrogen-bond acceptors (Lipinski definition) is 6. The van der Waals surface area contributed by atoms with Crippen LogP contribution in [0.2, 0.25) is 0 Å². The van der Waals surface area contributed by atoms with Gasteiger partial charge < -0.3 is 23.8 Å². The summed E-state index contributed by atoms with van der Waals surface area (Å²) in [5.41, 5.74) is 0.866. The van der Waals surface area contributed by atoms with Crippen LogP contribution in [0.15, 0.2) is 12.1 Å². The zero-order valence-electron chi connectivity index (χ0n) is 21.6. The molecular weight excluding hydrogens is 446 g/mol. The van der Waals surface area contributed by atoms with Gasteiger partial charge in [0.05, 0.1) is 27.2 Å². The smallest absolute Gasteiger partial charge is 0.329 e. The highest BCUT2D eigenvalue weighted by atomic mass is 16.5. The molecular formula is C28H41NO6. The van der Waals surface area contributed by atoms with Gasteiger partial charge in [-0.2, -0.15) is 0 Å². The van der Waals surface area contributed by atoms with Crippen LogP contribution < -0.4 is 14.2 Å². The minimum Gasteiger partial charge on any atom is -0.493 e. The quantitative estimate of drug-likeness (QED) is 0.467. The average molecular weight is 488 g/mol. The van der Waals surface area contributed by atoms with Gasteiger partial charge in [-0.3, -0.25) is 4.79 Å². The standard InChI is InChI=1S/C28H41NO6/c1-32-23-17-20(18-24(33-2)26(23)34-3)25(19-11-5-4-6-12-19)27(30)29-16-10-9-15-22(29)28(31)35-21-13-7-8-14-21/h17-19,21-22,25H,4-16H2,1-3H3. The zero-order chi connectivity index (χ0) is 24.8. The second-order valence-corrected chi connectivity index (χ2v) is 10.2. The van der Waals surface area contributed by atoms with Crippen molar-refractivity contribution < 1.29 is 28.5 Å². The molecule has 0 spiro atoms. The lowest BCUT2D eigenvalue weighted by Gasteiger charge is -2.39. The van der Waals surface area contributed by atoms with E-state index in [9.17, 15) is 9.59 Å². The van der Waals surface area contributed by atoms with Crippen LogP contribution in [-0.4, -0.2) is 56.8 Å². The second-order valence-electron chi connectivity index (χ2n) is 10.2. The molecule has 1 aromatic carbocycles. The Morgan fingerprint density at radius 1 is 0.800 bits per heavy atom. The first-order valence-corrected chi connectivity index (χ1v) is 13.4.